The minimum Gasteiger partial charge on any atom is -0.348 e. The molecular weight excluding hydrogens is 128 g/mol. The highest BCUT2D eigenvalue weighted by Crippen LogP contribution is 2.35. The van der Waals surface area contributed by atoms with Crippen LogP contribution in [0.15, 0.2) is 0 Å². The van der Waals surface area contributed by atoms with Gasteiger partial charge in [0.1, 0.15) is 0 Å². The number of hydrogen-bond acceptors (Lipinski definition) is 2. The Morgan fingerprint density at radius 1 is 0.800 bits per heavy atom. The van der Waals surface area contributed by atoms with E-state index in [1.54, 1.807) is 0 Å². The van der Waals surface area contributed by atoms with E-state index < -0.39 is 0 Å². The molecule has 0 aromatic heterocycles. The molecule has 1 aliphatic carbocycles. The first-order chi connectivity index (χ1) is 4.91. The zero-order valence-electron chi connectivity index (χ0n) is 6.27. The van der Waals surface area contributed by atoms with E-state index in [9.17, 15) is 0 Å². The first kappa shape index (κ1) is 6.62. The van der Waals surface area contributed by atoms with Gasteiger partial charge in [0.15, 0.2) is 5.79 Å². The Labute approximate surface area is 61.5 Å². The first-order valence-electron chi connectivity index (χ1n) is 4.19. The van der Waals surface area contributed by atoms with Crippen molar-refractivity contribution in [3.8, 4) is 0 Å². The number of ether oxygens (including phenoxy) is 2. The van der Waals surface area contributed by atoms with Crippen LogP contribution in [0.1, 0.15) is 32.1 Å². The second-order valence-corrected chi connectivity index (χ2v) is 3.17. The third kappa shape index (κ3) is 1.06. The van der Waals surface area contributed by atoms with Gasteiger partial charge in [0.25, 0.3) is 0 Å². The summed E-state index contributed by atoms with van der Waals surface area (Å²) < 4.78 is 11.1. The number of rotatable bonds is 0. The van der Waals surface area contributed by atoms with Crippen molar-refractivity contribution in [2.75, 3.05) is 13.2 Å². The molecule has 0 aromatic carbocycles. The lowest BCUT2D eigenvalue weighted by Gasteiger charge is -2.30. The average molecular weight is 142 g/mol. The topological polar surface area (TPSA) is 18.5 Å². The smallest absolute Gasteiger partial charge is 0.168 e. The van der Waals surface area contributed by atoms with Crippen molar-refractivity contribution in [1.29, 1.82) is 0 Å². The largest absolute Gasteiger partial charge is 0.348 e. The van der Waals surface area contributed by atoms with Gasteiger partial charge in [-0.25, -0.2) is 0 Å². The van der Waals surface area contributed by atoms with Crippen molar-refractivity contribution in [3.63, 3.8) is 0 Å². The third-order valence-electron chi connectivity index (χ3n) is 2.43. The predicted molar refractivity (Wildman–Crippen MR) is 37.7 cm³/mol. The standard InChI is InChI=1S/C8H14O2/c1-2-4-8(5-3-1)9-6-7-10-8/h1-7H2. The molecule has 0 unspecified atom stereocenters. The minimum atomic E-state index is -0.127. The van der Waals surface area contributed by atoms with E-state index in [-0.39, 0.29) is 5.79 Å². The van der Waals surface area contributed by atoms with Gasteiger partial charge in [0.2, 0.25) is 0 Å². The van der Waals surface area contributed by atoms with E-state index in [2.05, 4.69) is 0 Å². The summed E-state index contributed by atoms with van der Waals surface area (Å²) in [6, 6.07) is 0. The molecule has 2 heteroatoms. The molecule has 0 N–H and O–H groups in total. The van der Waals surface area contributed by atoms with E-state index in [0.29, 0.717) is 0 Å². The van der Waals surface area contributed by atoms with Crippen molar-refractivity contribution >= 4 is 0 Å². The average Bonchev–Trinajstić information content (AvgIpc) is 2.39. The second-order valence-electron chi connectivity index (χ2n) is 3.17. The normalized spacial score (nSPS) is 31.2. The van der Waals surface area contributed by atoms with E-state index in [4.69, 9.17) is 9.47 Å². The third-order valence-corrected chi connectivity index (χ3v) is 2.43. The summed E-state index contributed by atoms with van der Waals surface area (Å²) in [5, 5.41) is 0. The Hall–Kier alpha value is -0.0800. The van der Waals surface area contributed by atoms with Gasteiger partial charge in [-0.15, -0.1) is 0 Å². The van der Waals surface area contributed by atoms with E-state index in [1.807, 2.05) is 0 Å². The van der Waals surface area contributed by atoms with Gasteiger partial charge in [0, 0.05) is 12.8 Å². The molecule has 1 saturated heterocycles. The number of hydrogen-bond donors (Lipinski definition) is 0. The van der Waals surface area contributed by atoms with Crippen molar-refractivity contribution in [2.45, 2.75) is 37.9 Å². The molecule has 1 aliphatic heterocycles. The van der Waals surface area contributed by atoms with Gasteiger partial charge in [-0.3, -0.25) is 0 Å². The zero-order valence-corrected chi connectivity index (χ0v) is 6.27. The minimum absolute atomic E-state index is 0.127. The monoisotopic (exact) mass is 142 g/mol. The fourth-order valence-corrected chi connectivity index (χ4v) is 1.88. The van der Waals surface area contributed by atoms with Gasteiger partial charge < -0.3 is 9.47 Å². The van der Waals surface area contributed by atoms with Crippen LogP contribution in [0.25, 0.3) is 0 Å². The predicted octanol–water partition coefficient (Wildman–Crippen LogP) is 1.69. The van der Waals surface area contributed by atoms with Gasteiger partial charge in [-0.1, -0.05) is 6.42 Å². The van der Waals surface area contributed by atoms with Crippen molar-refractivity contribution < 1.29 is 9.47 Å². The Morgan fingerprint density at radius 3 is 2.00 bits per heavy atom. The Kier molecular flexibility index (Phi) is 1.66. The summed E-state index contributed by atoms with van der Waals surface area (Å²) >= 11 is 0. The summed E-state index contributed by atoms with van der Waals surface area (Å²) in [4.78, 5) is 0. The lowest BCUT2D eigenvalue weighted by Crippen LogP contribution is -2.32. The summed E-state index contributed by atoms with van der Waals surface area (Å²) in [7, 11) is 0. The summed E-state index contributed by atoms with van der Waals surface area (Å²) in [6.45, 7) is 1.61. The van der Waals surface area contributed by atoms with Gasteiger partial charge in [-0.05, 0) is 12.8 Å². The summed E-state index contributed by atoms with van der Waals surface area (Å²) in [5.41, 5.74) is 0. The first-order valence-corrected chi connectivity index (χ1v) is 4.19. The van der Waals surface area contributed by atoms with Crippen LogP contribution in [0.5, 0.6) is 0 Å². The van der Waals surface area contributed by atoms with Crippen LogP contribution in [0.4, 0.5) is 0 Å². The van der Waals surface area contributed by atoms with Crippen LogP contribution in [-0.2, 0) is 9.47 Å². The van der Waals surface area contributed by atoms with Crippen LogP contribution in [0, 0.1) is 0 Å². The molecular formula is C8H14O2. The van der Waals surface area contributed by atoms with Crippen molar-refractivity contribution in [2.24, 2.45) is 0 Å². The molecule has 1 heterocycles. The maximum Gasteiger partial charge on any atom is 0.168 e. The molecule has 0 radical (unpaired) electrons. The van der Waals surface area contributed by atoms with E-state index in [0.717, 1.165) is 26.1 Å². The van der Waals surface area contributed by atoms with Crippen LogP contribution < -0.4 is 0 Å². The van der Waals surface area contributed by atoms with Gasteiger partial charge >= 0.3 is 0 Å². The molecule has 2 nitrogen and oxygen atoms in total. The molecule has 0 amide bonds. The van der Waals surface area contributed by atoms with Gasteiger partial charge in [-0.2, -0.15) is 0 Å². The Balaban J connectivity index is 1.98. The van der Waals surface area contributed by atoms with E-state index >= 15 is 0 Å². The maximum absolute atomic E-state index is 5.56. The lowest BCUT2D eigenvalue weighted by molar-refractivity contribution is -0.176. The molecule has 1 spiro atoms. The van der Waals surface area contributed by atoms with E-state index in [1.165, 1.54) is 19.3 Å². The van der Waals surface area contributed by atoms with Crippen LogP contribution >= 0.6 is 0 Å². The molecule has 0 bridgehead atoms. The maximum atomic E-state index is 5.56. The molecule has 58 valence electrons. The summed E-state index contributed by atoms with van der Waals surface area (Å²) in [5.74, 6) is -0.127. The quantitative estimate of drug-likeness (QED) is 0.512. The van der Waals surface area contributed by atoms with Crippen LogP contribution in [0.3, 0.4) is 0 Å². The van der Waals surface area contributed by atoms with Crippen LogP contribution in [0.2, 0.25) is 0 Å². The lowest BCUT2D eigenvalue weighted by atomic mass is 9.94. The van der Waals surface area contributed by atoms with Crippen molar-refractivity contribution in [1.82, 2.24) is 0 Å². The second kappa shape index (κ2) is 2.51. The van der Waals surface area contributed by atoms with Crippen molar-refractivity contribution in [3.05, 3.63) is 0 Å². The summed E-state index contributed by atoms with van der Waals surface area (Å²) in [6.07, 6.45) is 6.15. The molecule has 10 heavy (non-hydrogen) atoms. The molecule has 2 rings (SSSR count). The van der Waals surface area contributed by atoms with Crippen LogP contribution in [-0.4, -0.2) is 19.0 Å². The molecule has 0 atom stereocenters. The zero-order chi connectivity index (χ0) is 6.86. The molecule has 0 aromatic rings. The highest BCUT2D eigenvalue weighted by Gasteiger charge is 2.37. The highest BCUT2D eigenvalue weighted by molar-refractivity contribution is 4.77. The fraction of sp³-hybridized carbons (Fsp3) is 1.00. The molecule has 1 saturated carbocycles. The Morgan fingerprint density at radius 2 is 1.40 bits per heavy atom. The van der Waals surface area contributed by atoms with Gasteiger partial charge in [0.05, 0.1) is 13.2 Å². The molecule has 2 fully saturated rings. The SMILES string of the molecule is C1CCC2(CC1)OCCO2. The fourth-order valence-electron chi connectivity index (χ4n) is 1.88. The highest BCUT2D eigenvalue weighted by atomic mass is 16.7. The molecule has 2 aliphatic rings. The Bertz CT molecular complexity index is 108.